The molecule has 5 nitrogen and oxygen atoms in total. The maximum absolute atomic E-state index is 12.5. The summed E-state index contributed by atoms with van der Waals surface area (Å²) in [6.45, 7) is 7.31. The molecule has 0 saturated carbocycles. The molecule has 3 unspecified atom stereocenters. The lowest BCUT2D eigenvalue weighted by atomic mass is 10.1. The molecule has 1 saturated heterocycles. The summed E-state index contributed by atoms with van der Waals surface area (Å²) in [7, 11) is 0. The number of nitrogens with zero attached hydrogens (tertiary/aromatic N) is 1. The van der Waals surface area contributed by atoms with Crippen molar-refractivity contribution < 1.29 is 14.7 Å². The van der Waals surface area contributed by atoms with E-state index in [9.17, 15) is 14.7 Å². The standard InChI is InChI=1S/C13H24N2O3S/c1-4-6-11-15(10(8-19-11)13(17)18)12(16)9(3)7-14-5-2/h9-11,14H,4-8H2,1-3H3,(H,17,18). The molecule has 0 spiro atoms. The number of hydrogen-bond acceptors (Lipinski definition) is 4. The number of rotatable bonds is 7. The molecular formula is C13H24N2O3S. The van der Waals surface area contributed by atoms with Gasteiger partial charge in [0, 0.05) is 18.2 Å². The summed E-state index contributed by atoms with van der Waals surface area (Å²) in [5.74, 6) is -0.619. The highest BCUT2D eigenvalue weighted by atomic mass is 32.2. The summed E-state index contributed by atoms with van der Waals surface area (Å²) in [6, 6.07) is -0.668. The van der Waals surface area contributed by atoms with Crippen molar-refractivity contribution >= 4 is 23.6 Å². The first-order chi connectivity index (χ1) is 9.02. The lowest BCUT2D eigenvalue weighted by Crippen LogP contribution is -2.49. The van der Waals surface area contributed by atoms with Crippen molar-refractivity contribution in [1.82, 2.24) is 10.2 Å². The topological polar surface area (TPSA) is 69.6 Å². The first-order valence-corrected chi connectivity index (χ1v) is 7.95. The van der Waals surface area contributed by atoms with Crippen molar-refractivity contribution in [2.75, 3.05) is 18.8 Å². The van der Waals surface area contributed by atoms with Crippen LogP contribution in [0.15, 0.2) is 0 Å². The van der Waals surface area contributed by atoms with Crippen LogP contribution in [-0.4, -0.2) is 52.1 Å². The molecule has 1 aliphatic heterocycles. The van der Waals surface area contributed by atoms with Crippen molar-refractivity contribution in [3.05, 3.63) is 0 Å². The molecule has 3 atom stereocenters. The number of amides is 1. The van der Waals surface area contributed by atoms with E-state index in [1.165, 1.54) is 0 Å². The molecule has 1 rings (SSSR count). The van der Waals surface area contributed by atoms with Gasteiger partial charge in [-0.05, 0) is 13.0 Å². The number of hydrogen-bond donors (Lipinski definition) is 2. The average molecular weight is 288 g/mol. The summed E-state index contributed by atoms with van der Waals surface area (Å²) in [4.78, 5) is 25.3. The third-order valence-electron chi connectivity index (χ3n) is 3.29. The van der Waals surface area contributed by atoms with Crippen LogP contribution in [0.4, 0.5) is 0 Å². The van der Waals surface area contributed by atoms with Crippen LogP contribution in [0.3, 0.4) is 0 Å². The molecule has 0 bridgehead atoms. The Morgan fingerprint density at radius 2 is 2.16 bits per heavy atom. The molecule has 0 aliphatic carbocycles. The summed E-state index contributed by atoms with van der Waals surface area (Å²) >= 11 is 1.58. The molecule has 0 aromatic rings. The Labute approximate surface area is 119 Å². The minimum Gasteiger partial charge on any atom is -0.480 e. The number of carbonyl (C=O) groups excluding carboxylic acids is 1. The van der Waals surface area contributed by atoms with Gasteiger partial charge in [0.1, 0.15) is 6.04 Å². The second-order valence-electron chi connectivity index (χ2n) is 4.88. The predicted octanol–water partition coefficient (Wildman–Crippen LogP) is 1.39. The average Bonchev–Trinajstić information content (AvgIpc) is 2.79. The van der Waals surface area contributed by atoms with Crippen LogP contribution < -0.4 is 5.32 Å². The van der Waals surface area contributed by atoms with E-state index >= 15 is 0 Å². The van der Waals surface area contributed by atoms with E-state index in [4.69, 9.17) is 0 Å². The van der Waals surface area contributed by atoms with Gasteiger partial charge in [0.2, 0.25) is 5.91 Å². The summed E-state index contributed by atoms with van der Waals surface area (Å²) in [5, 5.41) is 12.4. The van der Waals surface area contributed by atoms with E-state index in [0.717, 1.165) is 19.4 Å². The molecule has 0 radical (unpaired) electrons. The molecule has 0 aromatic heterocycles. The van der Waals surface area contributed by atoms with Crippen LogP contribution in [0, 0.1) is 5.92 Å². The fourth-order valence-electron chi connectivity index (χ4n) is 2.22. The van der Waals surface area contributed by atoms with Crippen molar-refractivity contribution in [3.63, 3.8) is 0 Å². The number of aliphatic carboxylic acids is 1. The third kappa shape index (κ3) is 4.11. The minimum atomic E-state index is -0.893. The third-order valence-corrected chi connectivity index (χ3v) is 4.65. The Bertz CT molecular complexity index is 325. The van der Waals surface area contributed by atoms with Gasteiger partial charge >= 0.3 is 5.97 Å². The zero-order chi connectivity index (χ0) is 14.4. The van der Waals surface area contributed by atoms with Gasteiger partial charge < -0.3 is 15.3 Å². The van der Waals surface area contributed by atoms with Gasteiger partial charge in [-0.15, -0.1) is 11.8 Å². The Balaban J connectivity index is 2.76. The first kappa shape index (κ1) is 16.3. The van der Waals surface area contributed by atoms with Crippen molar-refractivity contribution in [2.45, 2.75) is 45.0 Å². The van der Waals surface area contributed by atoms with E-state index in [-0.39, 0.29) is 17.2 Å². The monoisotopic (exact) mass is 288 g/mol. The van der Waals surface area contributed by atoms with Gasteiger partial charge in [-0.3, -0.25) is 4.79 Å². The van der Waals surface area contributed by atoms with Gasteiger partial charge in [0.25, 0.3) is 0 Å². The lowest BCUT2D eigenvalue weighted by Gasteiger charge is -2.29. The van der Waals surface area contributed by atoms with Crippen molar-refractivity contribution in [1.29, 1.82) is 0 Å². The molecule has 1 heterocycles. The molecule has 1 amide bonds. The molecule has 6 heteroatoms. The summed E-state index contributed by atoms with van der Waals surface area (Å²) < 4.78 is 0. The van der Waals surface area contributed by atoms with E-state index < -0.39 is 12.0 Å². The van der Waals surface area contributed by atoms with Gasteiger partial charge in [0.05, 0.1) is 5.37 Å². The molecular weight excluding hydrogens is 264 g/mol. The van der Waals surface area contributed by atoms with Crippen LogP contribution >= 0.6 is 11.8 Å². The molecule has 0 aromatic carbocycles. The molecule has 2 N–H and O–H groups in total. The Morgan fingerprint density at radius 3 is 2.68 bits per heavy atom. The fourth-order valence-corrected chi connectivity index (χ4v) is 3.74. The van der Waals surface area contributed by atoms with Crippen molar-refractivity contribution in [2.24, 2.45) is 5.92 Å². The largest absolute Gasteiger partial charge is 0.480 e. The minimum absolute atomic E-state index is 0.0164. The zero-order valence-corrected chi connectivity index (χ0v) is 12.7. The normalized spacial score (nSPS) is 24.5. The first-order valence-electron chi connectivity index (χ1n) is 6.90. The Kier molecular flexibility index (Phi) is 6.65. The summed E-state index contributed by atoms with van der Waals surface area (Å²) in [6.07, 6.45) is 1.81. The summed E-state index contributed by atoms with van der Waals surface area (Å²) in [5.41, 5.74) is 0. The lowest BCUT2D eigenvalue weighted by molar-refractivity contribution is -0.150. The van der Waals surface area contributed by atoms with E-state index in [2.05, 4.69) is 12.2 Å². The second-order valence-corrected chi connectivity index (χ2v) is 6.10. The van der Waals surface area contributed by atoms with Gasteiger partial charge in [0.15, 0.2) is 0 Å². The zero-order valence-electron chi connectivity index (χ0n) is 11.9. The SMILES string of the molecule is CCCC1SCC(C(=O)O)N1C(=O)C(C)CNCC. The number of carbonyl (C=O) groups is 2. The van der Waals surface area contributed by atoms with Crippen LogP contribution in [-0.2, 0) is 9.59 Å². The number of thioether (sulfide) groups is 1. The molecule has 19 heavy (non-hydrogen) atoms. The predicted molar refractivity (Wildman–Crippen MR) is 77.1 cm³/mol. The van der Waals surface area contributed by atoms with Gasteiger partial charge in [-0.25, -0.2) is 4.79 Å². The maximum atomic E-state index is 12.5. The fraction of sp³-hybridized carbons (Fsp3) is 0.846. The number of nitrogens with one attached hydrogen (secondary N) is 1. The van der Waals surface area contributed by atoms with Crippen molar-refractivity contribution in [3.8, 4) is 0 Å². The van der Waals surface area contributed by atoms with Gasteiger partial charge in [-0.2, -0.15) is 0 Å². The number of carboxylic acids is 1. The van der Waals surface area contributed by atoms with Crippen LogP contribution in [0.2, 0.25) is 0 Å². The quantitative estimate of drug-likeness (QED) is 0.741. The van der Waals surface area contributed by atoms with Crippen LogP contribution in [0.5, 0.6) is 0 Å². The van der Waals surface area contributed by atoms with E-state index in [1.807, 2.05) is 13.8 Å². The molecule has 110 valence electrons. The highest BCUT2D eigenvalue weighted by Gasteiger charge is 2.42. The highest BCUT2D eigenvalue weighted by molar-refractivity contribution is 8.00. The second kappa shape index (κ2) is 7.75. The van der Waals surface area contributed by atoms with Gasteiger partial charge in [-0.1, -0.05) is 27.2 Å². The Morgan fingerprint density at radius 1 is 1.47 bits per heavy atom. The van der Waals surface area contributed by atoms with Crippen LogP contribution in [0.25, 0.3) is 0 Å². The van der Waals surface area contributed by atoms with E-state index in [0.29, 0.717) is 12.3 Å². The van der Waals surface area contributed by atoms with Crippen LogP contribution in [0.1, 0.15) is 33.6 Å². The smallest absolute Gasteiger partial charge is 0.327 e. The maximum Gasteiger partial charge on any atom is 0.327 e. The Hall–Kier alpha value is -0.750. The van der Waals surface area contributed by atoms with E-state index in [1.54, 1.807) is 16.7 Å². The number of carboxylic acid groups (broad SMARTS) is 1. The highest BCUT2D eigenvalue weighted by Crippen LogP contribution is 2.33. The molecule has 1 fully saturated rings. The molecule has 1 aliphatic rings.